The Bertz CT molecular complexity index is 391. The normalized spacial score (nSPS) is 22.2. The van der Waals surface area contributed by atoms with Gasteiger partial charge in [0.05, 0.1) is 13.2 Å². The fraction of sp³-hybridized carbons (Fsp3) is 0.400. The van der Waals surface area contributed by atoms with Gasteiger partial charge >= 0.3 is 0 Å². The highest BCUT2D eigenvalue weighted by atomic mass is 16.5. The third-order valence-corrected chi connectivity index (χ3v) is 3.27. The van der Waals surface area contributed by atoms with Gasteiger partial charge < -0.3 is 15.4 Å². The number of hydrogen-bond donors (Lipinski definition) is 1. The van der Waals surface area contributed by atoms with Gasteiger partial charge in [-0.15, -0.1) is 0 Å². The van der Waals surface area contributed by atoms with E-state index >= 15 is 0 Å². The van der Waals surface area contributed by atoms with Crippen molar-refractivity contribution in [1.82, 2.24) is 0 Å². The zero-order valence-electron chi connectivity index (χ0n) is 11.2. The van der Waals surface area contributed by atoms with Crippen LogP contribution in [-0.4, -0.2) is 55.3 Å². The number of hydrogen-bond acceptors (Lipinski definition) is 3. The summed E-state index contributed by atoms with van der Waals surface area (Å²) in [6.45, 7) is 1.50. The predicted octanol–water partition coefficient (Wildman–Crippen LogP) is -3.05. The summed E-state index contributed by atoms with van der Waals surface area (Å²) in [6.07, 6.45) is 0. The average molecular weight is 226 g/mol. The first-order valence-corrected chi connectivity index (χ1v) is 6.07. The number of nitrogens with zero attached hydrogens (tertiary/aromatic N) is 1. The van der Waals surface area contributed by atoms with E-state index in [2.05, 4.69) is 48.4 Å². The molecule has 0 spiro atoms. The van der Waals surface area contributed by atoms with E-state index < -0.39 is 0 Å². The molecule has 1 heterocycles. The molecule has 0 bridgehead atoms. The largest absolute Gasteiger partial charge is 0.399 e. The Balaban J connectivity index is 2.41. The van der Waals surface area contributed by atoms with Gasteiger partial charge in [0, 0.05) is 22.1 Å². The van der Waals surface area contributed by atoms with Crippen LogP contribution in [0.15, 0.2) is 24.3 Å². The van der Waals surface area contributed by atoms with Gasteiger partial charge in [-0.3, -0.25) is 0 Å². The van der Waals surface area contributed by atoms with Gasteiger partial charge in [-0.1, -0.05) is 0 Å². The fourth-order valence-electron chi connectivity index (χ4n) is 2.82. The van der Waals surface area contributed by atoms with Crippen LogP contribution in [-0.2, 0) is 4.74 Å². The minimum atomic E-state index is -0.00212. The topological polar surface area (TPSA) is 38.5 Å². The van der Waals surface area contributed by atoms with Crippen LogP contribution in [0.1, 0.15) is 0 Å². The number of benzene rings is 1. The van der Waals surface area contributed by atoms with Crippen LogP contribution >= 0.6 is 0 Å². The summed E-state index contributed by atoms with van der Waals surface area (Å²) >= 11 is 0. The van der Waals surface area contributed by atoms with Crippen LogP contribution in [0.3, 0.4) is 0 Å². The standard InChI is InChI=1S/C10H18B4N2O/c11-9(12)5-17-6-10(13,14)16(9)8-3-1-7(15)2-4-8/h1-4H,5-6,11-15H2. The van der Waals surface area contributed by atoms with Crippen LogP contribution < -0.4 is 10.6 Å². The van der Waals surface area contributed by atoms with Gasteiger partial charge in [-0.25, -0.2) is 0 Å². The molecule has 1 fully saturated rings. The number of morpholine rings is 1. The third-order valence-electron chi connectivity index (χ3n) is 3.27. The number of nitrogen functional groups attached to an aromatic ring is 1. The van der Waals surface area contributed by atoms with E-state index in [9.17, 15) is 0 Å². The van der Waals surface area contributed by atoms with Crippen molar-refractivity contribution in [2.75, 3.05) is 23.8 Å². The second kappa shape index (κ2) is 4.05. The quantitative estimate of drug-likeness (QED) is 0.408. The number of rotatable bonds is 1. The Kier molecular flexibility index (Phi) is 2.98. The molecule has 2 N–H and O–H groups in total. The lowest BCUT2D eigenvalue weighted by atomic mass is 9.51. The number of anilines is 2. The van der Waals surface area contributed by atoms with Crippen molar-refractivity contribution in [2.24, 2.45) is 0 Å². The van der Waals surface area contributed by atoms with Gasteiger partial charge in [0.15, 0.2) is 0 Å². The van der Waals surface area contributed by atoms with Crippen molar-refractivity contribution in [1.29, 1.82) is 0 Å². The van der Waals surface area contributed by atoms with Crippen molar-refractivity contribution >= 4 is 42.8 Å². The highest BCUT2D eigenvalue weighted by Crippen LogP contribution is 2.30. The van der Waals surface area contributed by atoms with E-state index in [0.717, 1.165) is 18.9 Å². The van der Waals surface area contributed by atoms with Crippen molar-refractivity contribution in [3.05, 3.63) is 24.3 Å². The summed E-state index contributed by atoms with van der Waals surface area (Å²) in [4.78, 5) is 2.43. The SMILES string of the molecule is BC1(B)COCC(B)(B)N1c1ccc(N)cc1. The Hall–Kier alpha value is -0.960. The lowest BCUT2D eigenvalue weighted by molar-refractivity contribution is 0.0834. The second-order valence-electron chi connectivity index (χ2n) is 6.04. The number of nitrogens with two attached hydrogens (primary N) is 1. The van der Waals surface area contributed by atoms with Gasteiger partial charge in [-0.2, -0.15) is 0 Å². The monoisotopic (exact) mass is 226 g/mol. The molecule has 1 aliphatic rings. The summed E-state index contributed by atoms with van der Waals surface area (Å²) in [5, 5.41) is -0.00424. The molecule has 7 heteroatoms. The van der Waals surface area contributed by atoms with Crippen molar-refractivity contribution in [3.8, 4) is 0 Å². The average Bonchev–Trinajstić information content (AvgIpc) is 2.18. The van der Waals surface area contributed by atoms with Gasteiger partial charge in [0.25, 0.3) is 0 Å². The van der Waals surface area contributed by atoms with Crippen molar-refractivity contribution in [2.45, 2.75) is 10.7 Å². The Morgan fingerprint density at radius 3 is 1.94 bits per heavy atom. The minimum Gasteiger partial charge on any atom is -0.399 e. The lowest BCUT2D eigenvalue weighted by Gasteiger charge is -2.55. The van der Waals surface area contributed by atoms with E-state index in [4.69, 9.17) is 10.5 Å². The van der Waals surface area contributed by atoms with Gasteiger partial charge in [0.1, 0.15) is 31.4 Å². The van der Waals surface area contributed by atoms with Crippen LogP contribution in [0.2, 0.25) is 0 Å². The molecule has 0 aliphatic carbocycles. The molecule has 0 saturated carbocycles. The molecule has 0 radical (unpaired) electrons. The summed E-state index contributed by atoms with van der Waals surface area (Å²) in [5.74, 6) is 0. The molecule has 17 heavy (non-hydrogen) atoms. The van der Waals surface area contributed by atoms with Crippen LogP contribution in [0.4, 0.5) is 11.4 Å². The van der Waals surface area contributed by atoms with Crippen LogP contribution in [0, 0.1) is 0 Å². The minimum absolute atomic E-state index is 0.00212. The highest BCUT2D eigenvalue weighted by molar-refractivity contribution is 6.47. The molecular formula is C10H18B4N2O. The first-order chi connectivity index (χ1) is 7.83. The first kappa shape index (κ1) is 12.5. The summed E-state index contributed by atoms with van der Waals surface area (Å²) in [5.41, 5.74) is 7.76. The molecular weight excluding hydrogens is 207 g/mol. The maximum atomic E-state index is 5.75. The Labute approximate surface area is 107 Å². The van der Waals surface area contributed by atoms with Crippen LogP contribution in [0.25, 0.3) is 0 Å². The molecule has 0 aromatic heterocycles. The lowest BCUT2D eigenvalue weighted by Crippen LogP contribution is -2.70. The van der Waals surface area contributed by atoms with E-state index in [-0.39, 0.29) is 10.7 Å². The molecule has 2 rings (SSSR count). The third kappa shape index (κ3) is 2.34. The Morgan fingerprint density at radius 2 is 1.47 bits per heavy atom. The van der Waals surface area contributed by atoms with E-state index in [0.29, 0.717) is 0 Å². The van der Waals surface area contributed by atoms with Crippen LogP contribution in [0.5, 0.6) is 0 Å². The maximum absolute atomic E-state index is 5.75. The zero-order valence-corrected chi connectivity index (χ0v) is 11.2. The summed E-state index contributed by atoms with van der Waals surface area (Å²) in [6, 6.07) is 8.09. The van der Waals surface area contributed by atoms with Crippen molar-refractivity contribution < 1.29 is 4.74 Å². The second-order valence-corrected chi connectivity index (χ2v) is 6.04. The predicted molar refractivity (Wildman–Crippen MR) is 83.8 cm³/mol. The molecule has 0 unspecified atom stereocenters. The molecule has 86 valence electrons. The molecule has 1 aliphatic heterocycles. The fourth-order valence-corrected chi connectivity index (χ4v) is 2.82. The molecule has 3 nitrogen and oxygen atoms in total. The highest BCUT2D eigenvalue weighted by Gasteiger charge is 2.41. The van der Waals surface area contributed by atoms with E-state index in [1.54, 1.807) is 0 Å². The molecule has 0 atom stereocenters. The molecule has 0 amide bonds. The molecule has 1 aromatic rings. The summed E-state index contributed by atoms with van der Waals surface area (Å²) < 4.78 is 5.71. The number of ether oxygens (including phenoxy) is 1. The maximum Gasteiger partial charge on any atom is 0.126 e. The van der Waals surface area contributed by atoms with E-state index in [1.165, 1.54) is 5.69 Å². The smallest absolute Gasteiger partial charge is 0.126 e. The summed E-state index contributed by atoms with van der Waals surface area (Å²) in [7, 11) is 8.85. The zero-order chi connectivity index (χ0) is 12.7. The molecule has 1 saturated heterocycles. The Morgan fingerprint density at radius 1 is 1.00 bits per heavy atom. The first-order valence-electron chi connectivity index (χ1n) is 6.07. The van der Waals surface area contributed by atoms with Crippen molar-refractivity contribution in [3.63, 3.8) is 0 Å². The molecule has 1 aromatic carbocycles. The van der Waals surface area contributed by atoms with Gasteiger partial charge in [-0.05, 0) is 24.3 Å². The van der Waals surface area contributed by atoms with Gasteiger partial charge in [0.2, 0.25) is 0 Å². The van der Waals surface area contributed by atoms with E-state index in [1.807, 2.05) is 12.1 Å².